The molecule has 86 valence electrons. The van der Waals surface area contributed by atoms with Crippen molar-refractivity contribution in [2.45, 2.75) is 57.0 Å². The Kier molecular flexibility index (Phi) is 2.73. The SMILES string of the molecule is OCCN1C2CCCC2CC2CCCC21. The predicted octanol–water partition coefficient (Wildman–Crippen LogP) is 2.02. The molecule has 4 unspecified atom stereocenters. The number of likely N-dealkylation sites (tertiary alicyclic amines) is 1. The number of fused-ring (bicyclic) bond motifs is 2. The van der Waals surface area contributed by atoms with E-state index in [0.29, 0.717) is 6.61 Å². The number of aliphatic hydroxyl groups is 1. The first-order valence-corrected chi connectivity index (χ1v) is 6.77. The van der Waals surface area contributed by atoms with E-state index in [1.807, 2.05) is 0 Å². The smallest absolute Gasteiger partial charge is 0.0558 e. The molecule has 0 aromatic heterocycles. The summed E-state index contributed by atoms with van der Waals surface area (Å²) in [4.78, 5) is 2.68. The van der Waals surface area contributed by atoms with E-state index >= 15 is 0 Å². The lowest BCUT2D eigenvalue weighted by Gasteiger charge is -2.45. The Balaban J connectivity index is 1.79. The molecule has 3 rings (SSSR count). The van der Waals surface area contributed by atoms with Crippen LogP contribution in [0.5, 0.6) is 0 Å². The number of rotatable bonds is 2. The second kappa shape index (κ2) is 4.06. The molecule has 1 aliphatic heterocycles. The van der Waals surface area contributed by atoms with E-state index in [0.717, 1.165) is 30.5 Å². The summed E-state index contributed by atoms with van der Waals surface area (Å²) in [6.45, 7) is 1.29. The van der Waals surface area contributed by atoms with Crippen LogP contribution in [0.2, 0.25) is 0 Å². The van der Waals surface area contributed by atoms with E-state index in [-0.39, 0.29) is 0 Å². The van der Waals surface area contributed by atoms with Gasteiger partial charge in [0.15, 0.2) is 0 Å². The van der Waals surface area contributed by atoms with Gasteiger partial charge in [0.2, 0.25) is 0 Å². The van der Waals surface area contributed by atoms with E-state index in [4.69, 9.17) is 0 Å². The fraction of sp³-hybridized carbons (Fsp3) is 1.00. The average molecular weight is 209 g/mol. The minimum absolute atomic E-state index is 0.354. The zero-order chi connectivity index (χ0) is 10.3. The normalized spacial score (nSPS) is 45.4. The number of nitrogens with zero attached hydrogens (tertiary/aromatic N) is 1. The fourth-order valence-corrected chi connectivity index (χ4v) is 4.54. The van der Waals surface area contributed by atoms with Gasteiger partial charge in [-0.1, -0.05) is 12.8 Å². The van der Waals surface area contributed by atoms with Gasteiger partial charge in [0.1, 0.15) is 0 Å². The molecule has 2 heteroatoms. The van der Waals surface area contributed by atoms with Crippen LogP contribution in [0.1, 0.15) is 44.9 Å². The highest BCUT2D eigenvalue weighted by Crippen LogP contribution is 2.47. The molecule has 1 saturated heterocycles. The third-order valence-electron chi connectivity index (χ3n) is 5.05. The Hall–Kier alpha value is -0.0800. The summed E-state index contributed by atoms with van der Waals surface area (Å²) in [6, 6.07) is 1.66. The molecule has 3 fully saturated rings. The Morgan fingerprint density at radius 1 is 0.933 bits per heavy atom. The van der Waals surface area contributed by atoms with Gasteiger partial charge in [0.25, 0.3) is 0 Å². The molecule has 0 amide bonds. The quantitative estimate of drug-likeness (QED) is 0.752. The molecule has 1 N–H and O–H groups in total. The van der Waals surface area contributed by atoms with Crippen molar-refractivity contribution in [2.75, 3.05) is 13.2 Å². The van der Waals surface area contributed by atoms with Crippen molar-refractivity contribution in [3.8, 4) is 0 Å². The number of piperidine rings is 1. The zero-order valence-corrected chi connectivity index (χ0v) is 9.57. The van der Waals surface area contributed by atoms with E-state index in [1.54, 1.807) is 0 Å². The Morgan fingerprint density at radius 3 is 2.07 bits per heavy atom. The second-order valence-electron chi connectivity index (χ2n) is 5.71. The number of hydrogen-bond donors (Lipinski definition) is 1. The van der Waals surface area contributed by atoms with E-state index in [2.05, 4.69) is 4.90 Å². The molecule has 2 aliphatic carbocycles. The average Bonchev–Trinajstić information content (AvgIpc) is 2.84. The van der Waals surface area contributed by atoms with Crippen molar-refractivity contribution in [3.05, 3.63) is 0 Å². The predicted molar refractivity (Wildman–Crippen MR) is 60.7 cm³/mol. The van der Waals surface area contributed by atoms with Crippen molar-refractivity contribution in [3.63, 3.8) is 0 Å². The summed E-state index contributed by atoms with van der Waals surface area (Å²) in [5, 5.41) is 9.22. The summed E-state index contributed by atoms with van der Waals surface area (Å²) in [5.74, 6) is 1.94. The lowest BCUT2D eigenvalue weighted by atomic mass is 9.81. The molecule has 0 spiro atoms. The van der Waals surface area contributed by atoms with Gasteiger partial charge in [-0.25, -0.2) is 0 Å². The highest BCUT2D eigenvalue weighted by atomic mass is 16.3. The molecule has 2 nitrogen and oxygen atoms in total. The number of aliphatic hydroxyl groups excluding tert-OH is 1. The zero-order valence-electron chi connectivity index (χ0n) is 9.57. The molecule has 2 saturated carbocycles. The maximum Gasteiger partial charge on any atom is 0.0558 e. The van der Waals surface area contributed by atoms with Crippen molar-refractivity contribution in [1.82, 2.24) is 4.90 Å². The van der Waals surface area contributed by atoms with Crippen LogP contribution in [0.3, 0.4) is 0 Å². The van der Waals surface area contributed by atoms with Crippen LogP contribution in [0.25, 0.3) is 0 Å². The number of hydrogen-bond acceptors (Lipinski definition) is 2. The lowest BCUT2D eigenvalue weighted by molar-refractivity contribution is 0.0150. The first-order valence-electron chi connectivity index (χ1n) is 6.77. The third-order valence-corrected chi connectivity index (χ3v) is 5.05. The summed E-state index contributed by atoms with van der Waals surface area (Å²) in [5.41, 5.74) is 0. The van der Waals surface area contributed by atoms with Crippen LogP contribution in [0, 0.1) is 11.8 Å². The van der Waals surface area contributed by atoms with Gasteiger partial charge >= 0.3 is 0 Å². The molecule has 3 aliphatic rings. The minimum Gasteiger partial charge on any atom is -0.395 e. The first-order chi connectivity index (χ1) is 7.40. The van der Waals surface area contributed by atoms with Gasteiger partial charge in [0, 0.05) is 18.6 Å². The highest BCUT2D eigenvalue weighted by molar-refractivity contribution is 4.99. The van der Waals surface area contributed by atoms with E-state index < -0.39 is 0 Å². The van der Waals surface area contributed by atoms with Crippen LogP contribution < -0.4 is 0 Å². The Bertz CT molecular complexity index is 211. The number of β-amino-alcohol motifs (C(OH)–C–C–N with tert-alkyl or cyclic N) is 1. The molecule has 0 radical (unpaired) electrons. The maximum atomic E-state index is 9.22. The molecule has 15 heavy (non-hydrogen) atoms. The molecular weight excluding hydrogens is 186 g/mol. The largest absolute Gasteiger partial charge is 0.395 e. The molecular formula is C13H23NO. The van der Waals surface area contributed by atoms with Gasteiger partial charge in [-0.15, -0.1) is 0 Å². The van der Waals surface area contributed by atoms with Crippen molar-refractivity contribution in [2.24, 2.45) is 11.8 Å². The van der Waals surface area contributed by atoms with Crippen LogP contribution in [0.4, 0.5) is 0 Å². The van der Waals surface area contributed by atoms with Crippen molar-refractivity contribution in [1.29, 1.82) is 0 Å². The van der Waals surface area contributed by atoms with Crippen molar-refractivity contribution < 1.29 is 5.11 Å². The van der Waals surface area contributed by atoms with Gasteiger partial charge < -0.3 is 5.11 Å². The molecule has 1 heterocycles. The standard InChI is InChI=1S/C13H23NO/c15-8-7-14-12-5-1-3-10(12)9-11-4-2-6-13(11)14/h10-13,15H,1-9H2. The monoisotopic (exact) mass is 209 g/mol. The summed E-state index contributed by atoms with van der Waals surface area (Å²) in [7, 11) is 0. The molecule has 4 atom stereocenters. The summed E-state index contributed by atoms with van der Waals surface area (Å²) in [6.07, 6.45) is 10.1. The van der Waals surface area contributed by atoms with Gasteiger partial charge in [0.05, 0.1) is 6.61 Å². The summed E-state index contributed by atoms with van der Waals surface area (Å²) < 4.78 is 0. The topological polar surface area (TPSA) is 23.5 Å². The Labute approximate surface area is 92.7 Å². The van der Waals surface area contributed by atoms with E-state index in [9.17, 15) is 5.11 Å². The van der Waals surface area contributed by atoms with Gasteiger partial charge in [-0.05, 0) is 43.9 Å². The highest BCUT2D eigenvalue weighted by Gasteiger charge is 2.45. The van der Waals surface area contributed by atoms with Gasteiger partial charge in [-0.3, -0.25) is 4.90 Å². The molecule has 0 bridgehead atoms. The maximum absolute atomic E-state index is 9.22. The third kappa shape index (κ3) is 1.62. The van der Waals surface area contributed by atoms with Crippen molar-refractivity contribution >= 4 is 0 Å². The molecule has 0 aromatic carbocycles. The van der Waals surface area contributed by atoms with Crippen LogP contribution in [-0.4, -0.2) is 35.2 Å². The summed E-state index contributed by atoms with van der Waals surface area (Å²) >= 11 is 0. The lowest BCUT2D eigenvalue weighted by Crippen LogP contribution is -2.52. The first kappa shape index (κ1) is 10.1. The molecule has 0 aromatic rings. The minimum atomic E-state index is 0.354. The van der Waals surface area contributed by atoms with Gasteiger partial charge in [-0.2, -0.15) is 0 Å². The van der Waals surface area contributed by atoms with Crippen LogP contribution in [-0.2, 0) is 0 Å². The fourth-order valence-electron chi connectivity index (χ4n) is 4.54. The second-order valence-corrected chi connectivity index (χ2v) is 5.71. The van der Waals surface area contributed by atoms with E-state index in [1.165, 1.54) is 44.9 Å². The Morgan fingerprint density at radius 2 is 1.53 bits per heavy atom. The van der Waals surface area contributed by atoms with Crippen LogP contribution in [0.15, 0.2) is 0 Å². The van der Waals surface area contributed by atoms with Crippen LogP contribution >= 0.6 is 0 Å².